The molecule has 0 saturated heterocycles. The van der Waals surface area contributed by atoms with Crippen molar-refractivity contribution in [3.8, 4) is 11.4 Å². The van der Waals surface area contributed by atoms with Gasteiger partial charge in [0.05, 0.1) is 16.5 Å². The lowest BCUT2D eigenvalue weighted by atomic mass is 10.2. The van der Waals surface area contributed by atoms with E-state index in [0.717, 1.165) is 11.8 Å². The van der Waals surface area contributed by atoms with Crippen LogP contribution in [-0.2, 0) is 4.79 Å². The molecule has 3 N–H and O–H groups in total. The summed E-state index contributed by atoms with van der Waals surface area (Å²) in [6.07, 6.45) is 1.53. The van der Waals surface area contributed by atoms with Crippen molar-refractivity contribution in [2.75, 3.05) is 16.9 Å². The van der Waals surface area contributed by atoms with Crippen LogP contribution in [-0.4, -0.2) is 31.5 Å². The van der Waals surface area contributed by atoms with Gasteiger partial charge in [-0.25, -0.2) is 9.66 Å². The van der Waals surface area contributed by atoms with E-state index in [1.165, 1.54) is 10.9 Å². The second-order valence-electron chi connectivity index (χ2n) is 4.98. The minimum Gasteiger partial charge on any atom is -0.335 e. The zero-order valence-electron chi connectivity index (χ0n) is 13.0. The number of hydrogen-bond donors (Lipinski definition) is 2. The zero-order chi connectivity index (χ0) is 18.7. The van der Waals surface area contributed by atoms with E-state index in [0.29, 0.717) is 32.3 Å². The first-order valence-corrected chi connectivity index (χ1v) is 9.26. The normalized spacial score (nSPS) is 10.7. The van der Waals surface area contributed by atoms with E-state index in [-0.39, 0.29) is 16.8 Å². The van der Waals surface area contributed by atoms with Crippen molar-refractivity contribution in [1.82, 2.24) is 19.9 Å². The van der Waals surface area contributed by atoms with Gasteiger partial charge in [-0.1, -0.05) is 46.6 Å². The average Bonchev–Trinajstić information content (AvgIpc) is 2.98. The fraction of sp³-hybridized carbons (Fsp3) is 0.0667. The molecule has 1 aromatic carbocycles. The molecular formula is C15H11Cl3N6OS. The third-order valence-electron chi connectivity index (χ3n) is 3.20. The second-order valence-corrected chi connectivity index (χ2v) is 7.12. The molecule has 0 unspecified atom stereocenters. The SMILES string of the molecule is Nn1c(SCC(=O)Nc2cccnc2Cl)nnc1-c1cc(Cl)ccc1Cl. The highest BCUT2D eigenvalue weighted by Gasteiger charge is 2.16. The predicted octanol–water partition coefficient (Wildman–Crippen LogP) is 3.74. The number of nitrogens with zero attached hydrogens (tertiary/aromatic N) is 4. The van der Waals surface area contributed by atoms with Gasteiger partial charge in [0.25, 0.3) is 0 Å². The predicted molar refractivity (Wildman–Crippen MR) is 104 cm³/mol. The van der Waals surface area contributed by atoms with Gasteiger partial charge in [-0.3, -0.25) is 4.79 Å². The van der Waals surface area contributed by atoms with Crippen LogP contribution in [0.25, 0.3) is 11.4 Å². The molecule has 0 fully saturated rings. The molecule has 0 aliphatic carbocycles. The van der Waals surface area contributed by atoms with E-state index in [4.69, 9.17) is 40.6 Å². The topological polar surface area (TPSA) is 98.7 Å². The number of benzene rings is 1. The third kappa shape index (κ3) is 4.21. The van der Waals surface area contributed by atoms with Crippen LogP contribution >= 0.6 is 46.6 Å². The summed E-state index contributed by atoms with van der Waals surface area (Å²) in [5.41, 5.74) is 0.980. The number of rotatable bonds is 5. The number of hydrogen-bond acceptors (Lipinski definition) is 6. The average molecular weight is 430 g/mol. The fourth-order valence-electron chi connectivity index (χ4n) is 2.02. The Kier molecular flexibility index (Phi) is 5.87. The van der Waals surface area contributed by atoms with Gasteiger partial charge >= 0.3 is 0 Å². The van der Waals surface area contributed by atoms with E-state index in [9.17, 15) is 4.79 Å². The van der Waals surface area contributed by atoms with Crippen LogP contribution in [0.4, 0.5) is 5.69 Å². The standard InChI is InChI=1S/C15H11Cl3N6OS/c16-8-3-4-10(17)9(6-8)14-22-23-15(24(14)19)26-7-12(25)21-11-2-1-5-20-13(11)18/h1-6H,7,19H2,(H,21,25). The van der Waals surface area contributed by atoms with Gasteiger partial charge in [-0.05, 0) is 30.3 Å². The first kappa shape index (κ1) is 18.8. The number of anilines is 1. The number of thioether (sulfide) groups is 1. The van der Waals surface area contributed by atoms with Gasteiger partial charge in [0.1, 0.15) is 0 Å². The van der Waals surface area contributed by atoms with Gasteiger partial charge in [-0.15, -0.1) is 10.2 Å². The van der Waals surface area contributed by atoms with Crippen molar-refractivity contribution >= 4 is 58.2 Å². The summed E-state index contributed by atoms with van der Waals surface area (Å²) in [7, 11) is 0. The van der Waals surface area contributed by atoms with E-state index >= 15 is 0 Å². The summed E-state index contributed by atoms with van der Waals surface area (Å²) in [5, 5.41) is 12.2. The molecule has 1 amide bonds. The number of amides is 1. The third-order valence-corrected chi connectivity index (χ3v) is 5.01. The number of aromatic nitrogens is 4. The van der Waals surface area contributed by atoms with Crippen molar-refractivity contribution < 1.29 is 4.79 Å². The summed E-state index contributed by atoms with van der Waals surface area (Å²) in [6.45, 7) is 0. The summed E-state index contributed by atoms with van der Waals surface area (Å²) in [5.74, 6) is 6.14. The Hall–Kier alpha value is -2.00. The Morgan fingerprint density at radius 1 is 1.23 bits per heavy atom. The molecule has 0 aliphatic rings. The lowest BCUT2D eigenvalue weighted by molar-refractivity contribution is -0.113. The second kappa shape index (κ2) is 8.13. The maximum Gasteiger partial charge on any atom is 0.234 e. The van der Waals surface area contributed by atoms with Crippen molar-refractivity contribution in [3.05, 3.63) is 51.7 Å². The minimum absolute atomic E-state index is 0.0594. The van der Waals surface area contributed by atoms with E-state index < -0.39 is 0 Å². The summed E-state index contributed by atoms with van der Waals surface area (Å²) in [6, 6.07) is 8.28. The van der Waals surface area contributed by atoms with Crippen LogP contribution in [0, 0.1) is 0 Å². The lowest BCUT2D eigenvalue weighted by Crippen LogP contribution is -2.16. The molecule has 0 radical (unpaired) electrons. The monoisotopic (exact) mass is 428 g/mol. The maximum absolute atomic E-state index is 12.1. The highest BCUT2D eigenvalue weighted by Crippen LogP contribution is 2.30. The van der Waals surface area contributed by atoms with Crippen LogP contribution in [0.15, 0.2) is 41.7 Å². The molecule has 0 bridgehead atoms. The minimum atomic E-state index is -0.282. The number of nitrogen functional groups attached to an aromatic ring is 1. The Bertz CT molecular complexity index is 964. The molecule has 26 heavy (non-hydrogen) atoms. The first-order chi connectivity index (χ1) is 12.5. The van der Waals surface area contributed by atoms with Gasteiger partial charge < -0.3 is 11.2 Å². The Morgan fingerprint density at radius 3 is 2.81 bits per heavy atom. The highest BCUT2D eigenvalue weighted by atomic mass is 35.5. The number of pyridine rings is 1. The number of carbonyl (C=O) groups is 1. The van der Waals surface area contributed by atoms with Crippen LogP contribution in [0.5, 0.6) is 0 Å². The van der Waals surface area contributed by atoms with Gasteiger partial charge in [-0.2, -0.15) is 0 Å². The van der Waals surface area contributed by atoms with E-state index in [1.54, 1.807) is 30.3 Å². The first-order valence-electron chi connectivity index (χ1n) is 7.15. The highest BCUT2D eigenvalue weighted by molar-refractivity contribution is 7.99. The van der Waals surface area contributed by atoms with Gasteiger partial charge in [0, 0.05) is 16.8 Å². The number of nitrogens with one attached hydrogen (secondary N) is 1. The lowest BCUT2D eigenvalue weighted by Gasteiger charge is -2.07. The van der Waals surface area contributed by atoms with Gasteiger partial charge in [0.2, 0.25) is 11.1 Å². The molecule has 134 valence electrons. The molecule has 0 aliphatic heterocycles. The number of nitrogens with two attached hydrogens (primary N) is 1. The molecule has 3 aromatic rings. The summed E-state index contributed by atoms with van der Waals surface area (Å²) >= 11 is 19.2. The summed E-state index contributed by atoms with van der Waals surface area (Å²) in [4.78, 5) is 16.0. The van der Waals surface area contributed by atoms with Crippen LogP contribution in [0.2, 0.25) is 15.2 Å². The van der Waals surface area contributed by atoms with Crippen molar-refractivity contribution in [2.45, 2.75) is 5.16 Å². The van der Waals surface area contributed by atoms with Crippen LogP contribution in [0.3, 0.4) is 0 Å². The molecule has 0 spiro atoms. The van der Waals surface area contributed by atoms with Crippen LogP contribution in [0.1, 0.15) is 0 Å². The smallest absolute Gasteiger partial charge is 0.234 e. The number of carbonyl (C=O) groups excluding carboxylic acids is 1. The molecule has 2 heterocycles. The Balaban J connectivity index is 1.70. The molecule has 0 atom stereocenters. The summed E-state index contributed by atoms with van der Waals surface area (Å²) < 4.78 is 1.26. The molecule has 2 aromatic heterocycles. The zero-order valence-corrected chi connectivity index (χ0v) is 16.1. The van der Waals surface area contributed by atoms with E-state index in [2.05, 4.69) is 20.5 Å². The van der Waals surface area contributed by atoms with Gasteiger partial charge in [0.15, 0.2) is 11.0 Å². The van der Waals surface area contributed by atoms with Crippen molar-refractivity contribution in [3.63, 3.8) is 0 Å². The largest absolute Gasteiger partial charge is 0.335 e. The molecule has 7 nitrogen and oxygen atoms in total. The van der Waals surface area contributed by atoms with Crippen LogP contribution < -0.4 is 11.2 Å². The molecular weight excluding hydrogens is 419 g/mol. The number of halogens is 3. The van der Waals surface area contributed by atoms with Crippen molar-refractivity contribution in [2.24, 2.45) is 0 Å². The van der Waals surface area contributed by atoms with E-state index in [1.807, 2.05) is 0 Å². The molecule has 11 heteroatoms. The Labute approximate surface area is 167 Å². The maximum atomic E-state index is 12.1. The fourth-order valence-corrected chi connectivity index (χ4v) is 3.22. The quantitative estimate of drug-likeness (QED) is 0.364. The van der Waals surface area contributed by atoms with Crippen molar-refractivity contribution in [1.29, 1.82) is 0 Å². The Morgan fingerprint density at radius 2 is 2.04 bits per heavy atom. The molecule has 0 saturated carbocycles. The molecule has 3 rings (SSSR count).